The molecule has 0 aliphatic rings. The van der Waals surface area contributed by atoms with Gasteiger partial charge in [-0.15, -0.1) is 0 Å². The maximum absolute atomic E-state index is 12.0. The van der Waals surface area contributed by atoms with Crippen LogP contribution < -0.4 is 0 Å². The molecule has 2 aromatic rings. The molecule has 1 heterocycles. The van der Waals surface area contributed by atoms with E-state index in [9.17, 15) is 4.79 Å². The molecule has 0 bridgehead atoms. The van der Waals surface area contributed by atoms with Gasteiger partial charge in [0.25, 0.3) is 0 Å². The molecular weight excluding hydrogens is 274 g/mol. The Morgan fingerprint density at radius 1 is 1.50 bits per heavy atom. The van der Waals surface area contributed by atoms with Gasteiger partial charge in [0.05, 0.1) is 6.20 Å². The summed E-state index contributed by atoms with van der Waals surface area (Å²) in [5.41, 5.74) is 1.90. The van der Waals surface area contributed by atoms with E-state index in [2.05, 4.69) is 5.10 Å². The molecule has 0 saturated carbocycles. The summed E-state index contributed by atoms with van der Waals surface area (Å²) in [6, 6.07) is 7.49. The summed E-state index contributed by atoms with van der Waals surface area (Å²) in [4.78, 5) is 13.6. The highest BCUT2D eigenvalue weighted by Gasteiger charge is 2.06. The quantitative estimate of drug-likeness (QED) is 0.812. The fourth-order valence-electron chi connectivity index (χ4n) is 1.81. The van der Waals surface area contributed by atoms with Gasteiger partial charge in [0.15, 0.2) is 0 Å². The lowest BCUT2D eigenvalue weighted by atomic mass is 10.2. The number of carbonyl (C=O) groups is 1. The number of carbonyl (C=O) groups excluding carboxylic acids is 1. The highest BCUT2D eigenvalue weighted by atomic mass is 35.5. The molecule has 0 unspecified atom stereocenters. The van der Waals surface area contributed by atoms with Crippen LogP contribution in [-0.2, 0) is 18.4 Å². The smallest absolute Gasteiger partial charge is 0.246 e. The van der Waals surface area contributed by atoms with Gasteiger partial charge in [-0.3, -0.25) is 9.48 Å². The lowest BCUT2D eigenvalue weighted by Crippen LogP contribution is -2.24. The van der Waals surface area contributed by atoms with Crippen molar-refractivity contribution in [3.8, 4) is 0 Å². The number of amides is 1. The van der Waals surface area contributed by atoms with Crippen LogP contribution in [0.4, 0.5) is 0 Å². The van der Waals surface area contributed by atoms with Crippen molar-refractivity contribution in [2.45, 2.75) is 6.54 Å². The van der Waals surface area contributed by atoms with Gasteiger partial charge in [0, 0.05) is 43.5 Å². The largest absolute Gasteiger partial charge is 0.338 e. The lowest BCUT2D eigenvalue weighted by Gasteiger charge is -2.15. The van der Waals surface area contributed by atoms with Crippen molar-refractivity contribution in [3.63, 3.8) is 0 Å². The molecule has 104 valence electrons. The van der Waals surface area contributed by atoms with E-state index in [1.807, 2.05) is 37.5 Å². The molecule has 0 atom stereocenters. The number of hydrogen-bond acceptors (Lipinski definition) is 2. The Kier molecular flexibility index (Phi) is 4.58. The Hall–Kier alpha value is -2.07. The van der Waals surface area contributed by atoms with Crippen LogP contribution in [0.25, 0.3) is 6.08 Å². The summed E-state index contributed by atoms with van der Waals surface area (Å²) in [7, 11) is 3.60. The zero-order valence-corrected chi connectivity index (χ0v) is 12.2. The van der Waals surface area contributed by atoms with Crippen molar-refractivity contribution in [1.82, 2.24) is 14.7 Å². The standard InChI is InChI=1S/C15H16ClN3O/c1-18(10-12-4-3-5-14(16)8-12)15(20)7-6-13-9-17-19(2)11-13/h3-9,11H,10H2,1-2H3/b7-6+. The fourth-order valence-corrected chi connectivity index (χ4v) is 2.02. The molecule has 0 aliphatic carbocycles. The summed E-state index contributed by atoms with van der Waals surface area (Å²) in [6.45, 7) is 0.525. The second-order valence-corrected chi connectivity index (χ2v) is 5.04. The number of likely N-dealkylation sites (N-methyl/N-ethyl adjacent to an activating group) is 1. The third-order valence-corrected chi connectivity index (χ3v) is 3.06. The minimum absolute atomic E-state index is 0.0613. The van der Waals surface area contributed by atoms with Gasteiger partial charge in [-0.25, -0.2) is 0 Å². The SMILES string of the molecule is CN(Cc1cccc(Cl)c1)C(=O)/C=C/c1cnn(C)c1. The van der Waals surface area contributed by atoms with Crippen LogP contribution in [0.3, 0.4) is 0 Å². The van der Waals surface area contributed by atoms with Gasteiger partial charge in [-0.2, -0.15) is 5.10 Å². The molecule has 20 heavy (non-hydrogen) atoms. The van der Waals surface area contributed by atoms with E-state index in [0.717, 1.165) is 11.1 Å². The topological polar surface area (TPSA) is 38.1 Å². The van der Waals surface area contributed by atoms with Crippen LogP contribution in [0.1, 0.15) is 11.1 Å². The molecule has 0 radical (unpaired) electrons. The molecular formula is C15H16ClN3O. The van der Waals surface area contributed by atoms with Crippen molar-refractivity contribution >= 4 is 23.6 Å². The minimum Gasteiger partial charge on any atom is -0.338 e. The van der Waals surface area contributed by atoms with Crippen LogP contribution in [0.15, 0.2) is 42.7 Å². The Balaban J connectivity index is 1.97. The second-order valence-electron chi connectivity index (χ2n) is 4.60. The Morgan fingerprint density at radius 2 is 2.30 bits per heavy atom. The van der Waals surface area contributed by atoms with Gasteiger partial charge in [0.2, 0.25) is 5.91 Å². The number of aryl methyl sites for hydroxylation is 1. The summed E-state index contributed by atoms with van der Waals surface area (Å²) >= 11 is 5.92. The summed E-state index contributed by atoms with van der Waals surface area (Å²) in [6.07, 6.45) is 6.85. The zero-order valence-electron chi connectivity index (χ0n) is 11.5. The van der Waals surface area contributed by atoms with Gasteiger partial charge < -0.3 is 4.90 Å². The first-order valence-electron chi connectivity index (χ1n) is 6.21. The van der Waals surface area contributed by atoms with Gasteiger partial charge in [-0.05, 0) is 23.8 Å². The number of hydrogen-bond donors (Lipinski definition) is 0. The maximum Gasteiger partial charge on any atom is 0.246 e. The Bertz CT molecular complexity index is 634. The predicted octanol–water partition coefficient (Wildman–Crippen LogP) is 2.75. The van der Waals surface area contributed by atoms with Crippen LogP contribution in [-0.4, -0.2) is 27.6 Å². The van der Waals surface area contributed by atoms with Gasteiger partial charge in [-0.1, -0.05) is 23.7 Å². The van der Waals surface area contributed by atoms with Crippen LogP contribution >= 0.6 is 11.6 Å². The highest BCUT2D eigenvalue weighted by Crippen LogP contribution is 2.12. The van der Waals surface area contributed by atoms with Crippen molar-refractivity contribution in [2.75, 3.05) is 7.05 Å². The summed E-state index contributed by atoms with van der Waals surface area (Å²) in [5.74, 6) is -0.0613. The van der Waals surface area contributed by atoms with E-state index in [4.69, 9.17) is 11.6 Å². The average molecular weight is 290 g/mol. The molecule has 0 aliphatic heterocycles. The van der Waals surface area contributed by atoms with Crippen LogP contribution in [0, 0.1) is 0 Å². The fraction of sp³-hybridized carbons (Fsp3) is 0.200. The molecule has 0 N–H and O–H groups in total. The molecule has 0 spiro atoms. The Morgan fingerprint density at radius 3 is 2.95 bits per heavy atom. The van der Waals surface area contributed by atoms with E-state index in [1.165, 1.54) is 0 Å². The molecule has 5 heteroatoms. The van der Waals surface area contributed by atoms with Crippen molar-refractivity contribution < 1.29 is 4.79 Å². The number of benzene rings is 1. The molecule has 1 aromatic heterocycles. The van der Waals surface area contributed by atoms with Crippen LogP contribution in [0.5, 0.6) is 0 Å². The normalized spacial score (nSPS) is 10.9. The number of rotatable bonds is 4. The predicted molar refractivity (Wildman–Crippen MR) is 80.2 cm³/mol. The molecule has 1 aromatic carbocycles. The first-order valence-corrected chi connectivity index (χ1v) is 6.58. The summed E-state index contributed by atoms with van der Waals surface area (Å²) in [5, 5.41) is 4.72. The van der Waals surface area contributed by atoms with Crippen molar-refractivity contribution in [3.05, 3.63) is 58.9 Å². The first kappa shape index (κ1) is 14.3. The molecule has 4 nitrogen and oxygen atoms in total. The average Bonchev–Trinajstić information content (AvgIpc) is 2.81. The molecule has 0 saturated heterocycles. The van der Waals surface area contributed by atoms with E-state index >= 15 is 0 Å². The first-order chi connectivity index (χ1) is 9.54. The van der Waals surface area contributed by atoms with Gasteiger partial charge >= 0.3 is 0 Å². The van der Waals surface area contributed by atoms with E-state index < -0.39 is 0 Å². The van der Waals surface area contributed by atoms with Crippen molar-refractivity contribution in [2.24, 2.45) is 7.05 Å². The second kappa shape index (κ2) is 6.39. The third-order valence-electron chi connectivity index (χ3n) is 2.83. The number of halogens is 1. The van der Waals surface area contributed by atoms with E-state index in [1.54, 1.807) is 35.0 Å². The highest BCUT2D eigenvalue weighted by molar-refractivity contribution is 6.30. The van der Waals surface area contributed by atoms with E-state index in [-0.39, 0.29) is 5.91 Å². The van der Waals surface area contributed by atoms with Gasteiger partial charge in [0.1, 0.15) is 0 Å². The number of nitrogens with zero attached hydrogens (tertiary/aromatic N) is 3. The zero-order chi connectivity index (χ0) is 14.5. The number of aromatic nitrogens is 2. The van der Waals surface area contributed by atoms with Crippen LogP contribution in [0.2, 0.25) is 5.02 Å². The summed E-state index contributed by atoms with van der Waals surface area (Å²) < 4.78 is 1.69. The maximum atomic E-state index is 12.0. The third kappa shape index (κ3) is 3.96. The minimum atomic E-state index is -0.0613. The van der Waals surface area contributed by atoms with E-state index in [0.29, 0.717) is 11.6 Å². The van der Waals surface area contributed by atoms with Crippen molar-refractivity contribution in [1.29, 1.82) is 0 Å². The lowest BCUT2D eigenvalue weighted by molar-refractivity contribution is -0.125. The molecule has 2 rings (SSSR count). The monoisotopic (exact) mass is 289 g/mol. The molecule has 0 fully saturated rings. The Labute approximate surface area is 123 Å². The molecule has 1 amide bonds.